The molecule has 1 aromatic carbocycles. The molecule has 7 nitrogen and oxygen atoms in total. The smallest absolute Gasteiger partial charge is 0.279 e. The largest absolute Gasteiger partial charge is 0.496 e. The van der Waals surface area contributed by atoms with Gasteiger partial charge in [-0.1, -0.05) is 12.1 Å². The number of methoxy groups -OCH3 is 1. The molecule has 0 spiro atoms. The number of benzene rings is 1. The second kappa shape index (κ2) is 7.08. The third kappa shape index (κ3) is 3.63. The lowest BCUT2D eigenvalue weighted by molar-refractivity contribution is 0.101. The van der Waals surface area contributed by atoms with Crippen LogP contribution in [0.25, 0.3) is 11.3 Å². The summed E-state index contributed by atoms with van der Waals surface area (Å²) in [5.74, 6) is 0.441. The van der Waals surface area contributed by atoms with Crippen molar-refractivity contribution in [3.8, 4) is 17.0 Å². The zero-order valence-corrected chi connectivity index (χ0v) is 13.6. The number of amides is 1. The van der Waals surface area contributed by atoms with Gasteiger partial charge in [-0.2, -0.15) is 0 Å². The minimum atomic E-state index is -0.459. The molecule has 128 valence electrons. The fourth-order valence-corrected chi connectivity index (χ4v) is 2.22. The molecule has 0 radical (unpaired) electrons. The maximum atomic E-state index is 13.5. The lowest BCUT2D eigenvalue weighted by atomic mass is 10.1. The van der Waals surface area contributed by atoms with Gasteiger partial charge in [-0.3, -0.25) is 4.79 Å². The van der Waals surface area contributed by atoms with Crippen LogP contribution in [0.4, 0.5) is 10.2 Å². The zero-order chi connectivity index (χ0) is 17.8. The van der Waals surface area contributed by atoms with Gasteiger partial charge < -0.3 is 14.6 Å². The summed E-state index contributed by atoms with van der Waals surface area (Å²) in [6.07, 6.45) is 1.91. The van der Waals surface area contributed by atoms with E-state index in [1.54, 1.807) is 6.07 Å². The van der Waals surface area contributed by atoms with Crippen LogP contribution < -0.4 is 10.1 Å². The molecule has 0 saturated carbocycles. The molecule has 3 aromatic rings. The molecule has 0 fully saturated rings. The summed E-state index contributed by atoms with van der Waals surface area (Å²) in [6.45, 7) is 1.89. The van der Waals surface area contributed by atoms with Crippen molar-refractivity contribution >= 4 is 11.7 Å². The minimum Gasteiger partial charge on any atom is -0.496 e. The Morgan fingerprint density at radius 1 is 1.28 bits per heavy atom. The van der Waals surface area contributed by atoms with Crippen molar-refractivity contribution in [1.29, 1.82) is 0 Å². The quantitative estimate of drug-likeness (QED) is 0.766. The molecule has 3 rings (SSSR count). The molecule has 8 heteroatoms. The van der Waals surface area contributed by atoms with E-state index >= 15 is 0 Å². The highest BCUT2D eigenvalue weighted by molar-refractivity contribution is 6.02. The molecule has 0 bridgehead atoms. The van der Waals surface area contributed by atoms with E-state index in [1.807, 2.05) is 6.92 Å². The van der Waals surface area contributed by atoms with Crippen molar-refractivity contribution < 1.29 is 18.4 Å². The van der Waals surface area contributed by atoms with E-state index < -0.39 is 11.7 Å². The second-order valence-corrected chi connectivity index (χ2v) is 5.12. The number of hydrogen-bond acceptors (Lipinski definition) is 6. The van der Waals surface area contributed by atoms with Gasteiger partial charge in [-0.25, -0.2) is 14.4 Å². The predicted octanol–water partition coefficient (Wildman–Crippen LogP) is 3.09. The number of anilines is 1. The Balaban J connectivity index is 1.87. The number of rotatable bonds is 5. The van der Waals surface area contributed by atoms with E-state index in [1.165, 1.54) is 37.7 Å². The number of hydrogen-bond donors (Lipinski definition) is 1. The van der Waals surface area contributed by atoms with Crippen molar-refractivity contribution in [2.45, 2.75) is 13.3 Å². The van der Waals surface area contributed by atoms with Gasteiger partial charge >= 0.3 is 0 Å². The van der Waals surface area contributed by atoms with Crippen LogP contribution in [0.15, 0.2) is 41.2 Å². The van der Waals surface area contributed by atoms with Gasteiger partial charge in [0.1, 0.15) is 29.5 Å². The SMILES string of the molecule is CCc1cc(C(=O)Nc2cc(-c3cc(F)ccc3OC)ncn2)no1. The molecule has 0 atom stereocenters. The molecule has 0 aliphatic heterocycles. The van der Waals surface area contributed by atoms with E-state index in [9.17, 15) is 9.18 Å². The topological polar surface area (TPSA) is 90.1 Å². The van der Waals surface area contributed by atoms with Crippen molar-refractivity contribution in [2.24, 2.45) is 0 Å². The minimum absolute atomic E-state index is 0.153. The van der Waals surface area contributed by atoms with Crippen molar-refractivity contribution in [3.05, 3.63) is 53.9 Å². The molecule has 1 N–H and O–H groups in total. The lowest BCUT2D eigenvalue weighted by Gasteiger charge is -2.09. The summed E-state index contributed by atoms with van der Waals surface area (Å²) in [5, 5.41) is 6.31. The third-order valence-electron chi connectivity index (χ3n) is 3.49. The molecular formula is C17H15FN4O3. The highest BCUT2D eigenvalue weighted by Gasteiger charge is 2.14. The molecule has 0 aliphatic carbocycles. The van der Waals surface area contributed by atoms with E-state index in [-0.39, 0.29) is 11.5 Å². The Morgan fingerprint density at radius 2 is 2.12 bits per heavy atom. The van der Waals surface area contributed by atoms with Gasteiger partial charge in [-0.15, -0.1) is 0 Å². The highest BCUT2D eigenvalue weighted by Crippen LogP contribution is 2.29. The monoisotopic (exact) mass is 342 g/mol. The maximum absolute atomic E-state index is 13.5. The van der Waals surface area contributed by atoms with Gasteiger partial charge in [0, 0.05) is 24.1 Å². The number of ether oxygens (including phenoxy) is 1. The van der Waals surface area contributed by atoms with Crippen LogP contribution in [0.2, 0.25) is 0 Å². The molecule has 2 aromatic heterocycles. The number of aromatic nitrogens is 3. The Morgan fingerprint density at radius 3 is 2.84 bits per heavy atom. The Labute approximate surface area is 142 Å². The van der Waals surface area contributed by atoms with Crippen LogP contribution >= 0.6 is 0 Å². The molecule has 2 heterocycles. The first-order valence-electron chi connectivity index (χ1n) is 7.53. The number of carbonyl (C=O) groups excluding carboxylic acids is 1. The molecule has 0 aliphatic rings. The van der Waals surface area contributed by atoms with Gasteiger partial charge in [0.15, 0.2) is 5.69 Å². The Hall–Kier alpha value is -3.29. The standard InChI is InChI=1S/C17H15FN4O3/c1-3-11-7-14(22-25-11)17(23)21-16-8-13(19-9-20-16)12-6-10(18)4-5-15(12)24-2/h4-9H,3H2,1-2H3,(H,19,20,21,23). The normalized spacial score (nSPS) is 10.5. The van der Waals surface area contributed by atoms with Gasteiger partial charge in [0.2, 0.25) is 0 Å². The molecule has 0 saturated heterocycles. The summed E-state index contributed by atoms with van der Waals surface area (Å²) in [6, 6.07) is 7.19. The highest BCUT2D eigenvalue weighted by atomic mass is 19.1. The lowest BCUT2D eigenvalue weighted by Crippen LogP contribution is -2.13. The molecule has 25 heavy (non-hydrogen) atoms. The van der Waals surface area contributed by atoms with Crippen molar-refractivity contribution in [3.63, 3.8) is 0 Å². The number of nitrogens with zero attached hydrogens (tertiary/aromatic N) is 3. The number of aryl methyl sites for hydroxylation is 1. The summed E-state index contributed by atoms with van der Waals surface area (Å²) in [5.41, 5.74) is 1.02. The number of carbonyl (C=O) groups is 1. The van der Waals surface area contributed by atoms with Crippen LogP contribution in [0.5, 0.6) is 5.75 Å². The average molecular weight is 342 g/mol. The second-order valence-electron chi connectivity index (χ2n) is 5.12. The van der Waals surface area contributed by atoms with Gasteiger partial charge in [0.05, 0.1) is 12.8 Å². The summed E-state index contributed by atoms with van der Waals surface area (Å²) in [4.78, 5) is 20.3. The van der Waals surface area contributed by atoms with Crippen molar-refractivity contribution in [2.75, 3.05) is 12.4 Å². The molecule has 1 amide bonds. The van der Waals surface area contributed by atoms with E-state index in [2.05, 4.69) is 20.4 Å². The predicted molar refractivity (Wildman–Crippen MR) is 87.8 cm³/mol. The summed E-state index contributed by atoms with van der Waals surface area (Å²) >= 11 is 0. The third-order valence-corrected chi connectivity index (χ3v) is 3.49. The fraction of sp³-hybridized carbons (Fsp3) is 0.176. The first kappa shape index (κ1) is 16.6. The first-order valence-corrected chi connectivity index (χ1v) is 7.53. The zero-order valence-electron chi connectivity index (χ0n) is 13.6. The average Bonchev–Trinajstić information content (AvgIpc) is 3.11. The van der Waals surface area contributed by atoms with E-state index in [0.29, 0.717) is 29.2 Å². The number of halogens is 1. The van der Waals surface area contributed by atoms with Gasteiger partial charge in [-0.05, 0) is 18.2 Å². The van der Waals surface area contributed by atoms with Crippen LogP contribution in [-0.2, 0) is 6.42 Å². The van der Waals surface area contributed by atoms with Crippen LogP contribution in [0, 0.1) is 5.82 Å². The van der Waals surface area contributed by atoms with Crippen LogP contribution in [0.1, 0.15) is 23.2 Å². The fourth-order valence-electron chi connectivity index (χ4n) is 2.22. The van der Waals surface area contributed by atoms with Crippen LogP contribution in [0.3, 0.4) is 0 Å². The summed E-state index contributed by atoms with van der Waals surface area (Å²) in [7, 11) is 1.48. The Kier molecular flexibility index (Phi) is 4.69. The number of nitrogens with one attached hydrogen (secondary N) is 1. The Bertz CT molecular complexity index is 910. The van der Waals surface area contributed by atoms with E-state index in [0.717, 1.165) is 0 Å². The van der Waals surface area contributed by atoms with Gasteiger partial charge in [0.25, 0.3) is 5.91 Å². The van der Waals surface area contributed by atoms with E-state index in [4.69, 9.17) is 9.26 Å². The molecular weight excluding hydrogens is 327 g/mol. The summed E-state index contributed by atoms with van der Waals surface area (Å²) < 4.78 is 23.8. The molecule has 0 unspecified atom stereocenters. The van der Waals surface area contributed by atoms with Crippen LogP contribution in [-0.4, -0.2) is 28.1 Å². The maximum Gasteiger partial charge on any atom is 0.279 e. The first-order chi connectivity index (χ1) is 12.1. The van der Waals surface area contributed by atoms with Crippen molar-refractivity contribution in [1.82, 2.24) is 15.1 Å².